The Morgan fingerprint density at radius 1 is 1.33 bits per heavy atom. The van der Waals surface area contributed by atoms with Crippen molar-refractivity contribution in [1.29, 1.82) is 5.26 Å². The second-order valence-corrected chi connectivity index (χ2v) is 3.89. The van der Waals surface area contributed by atoms with Crippen molar-refractivity contribution >= 4 is 0 Å². The van der Waals surface area contributed by atoms with E-state index in [0.29, 0.717) is 12.3 Å². The number of nitrogens with zero attached hydrogens (tertiary/aromatic N) is 1. The first-order valence-corrected chi connectivity index (χ1v) is 5.01. The standard InChI is InChI=1S/C12H13NO2/c1-8(2)10-6-12-11(14-7-15-12)5-9(10)3-4-13/h5-6,8H,3,7H2,1-2H3. The lowest BCUT2D eigenvalue weighted by molar-refractivity contribution is 0.174. The summed E-state index contributed by atoms with van der Waals surface area (Å²) in [7, 11) is 0. The summed E-state index contributed by atoms with van der Waals surface area (Å²) in [5, 5.41) is 8.75. The summed E-state index contributed by atoms with van der Waals surface area (Å²) in [6, 6.07) is 6.08. The molecule has 1 aromatic rings. The van der Waals surface area contributed by atoms with E-state index in [1.165, 1.54) is 5.56 Å². The highest BCUT2D eigenvalue weighted by molar-refractivity contribution is 5.50. The average molecular weight is 203 g/mol. The summed E-state index contributed by atoms with van der Waals surface area (Å²) in [4.78, 5) is 0. The molecule has 15 heavy (non-hydrogen) atoms. The summed E-state index contributed by atoms with van der Waals surface area (Å²) in [5.41, 5.74) is 2.21. The van der Waals surface area contributed by atoms with Crippen LogP contribution < -0.4 is 9.47 Å². The minimum atomic E-state index is 0.281. The Balaban J connectivity index is 2.48. The van der Waals surface area contributed by atoms with Gasteiger partial charge in [0.1, 0.15) is 0 Å². The van der Waals surface area contributed by atoms with Gasteiger partial charge in [0.05, 0.1) is 12.5 Å². The fourth-order valence-electron chi connectivity index (χ4n) is 1.78. The third-order valence-corrected chi connectivity index (χ3v) is 2.53. The van der Waals surface area contributed by atoms with Crippen LogP contribution in [0.5, 0.6) is 11.5 Å². The quantitative estimate of drug-likeness (QED) is 0.742. The van der Waals surface area contributed by atoms with Gasteiger partial charge in [-0.25, -0.2) is 0 Å². The van der Waals surface area contributed by atoms with Crippen molar-refractivity contribution < 1.29 is 9.47 Å². The lowest BCUT2D eigenvalue weighted by Gasteiger charge is -2.11. The Kier molecular flexibility index (Phi) is 2.51. The first-order valence-electron chi connectivity index (χ1n) is 5.01. The van der Waals surface area contributed by atoms with Gasteiger partial charge in [-0.2, -0.15) is 5.26 Å². The van der Waals surface area contributed by atoms with Crippen molar-refractivity contribution in [3.63, 3.8) is 0 Å². The van der Waals surface area contributed by atoms with E-state index in [-0.39, 0.29) is 6.79 Å². The number of hydrogen-bond acceptors (Lipinski definition) is 3. The Morgan fingerprint density at radius 3 is 2.60 bits per heavy atom. The van der Waals surface area contributed by atoms with Crippen LogP contribution in [0.4, 0.5) is 0 Å². The average Bonchev–Trinajstić information content (AvgIpc) is 2.63. The van der Waals surface area contributed by atoms with Gasteiger partial charge in [0.2, 0.25) is 6.79 Å². The summed E-state index contributed by atoms with van der Waals surface area (Å²) in [6.07, 6.45) is 0.421. The van der Waals surface area contributed by atoms with Crippen LogP contribution in [0, 0.1) is 11.3 Å². The molecule has 0 fully saturated rings. The predicted octanol–water partition coefficient (Wildman–Crippen LogP) is 2.60. The van der Waals surface area contributed by atoms with Crippen molar-refractivity contribution in [3.8, 4) is 17.6 Å². The van der Waals surface area contributed by atoms with Crippen molar-refractivity contribution in [2.45, 2.75) is 26.2 Å². The van der Waals surface area contributed by atoms with Gasteiger partial charge >= 0.3 is 0 Å². The summed E-state index contributed by atoms with van der Waals surface area (Å²) < 4.78 is 10.6. The van der Waals surface area contributed by atoms with Gasteiger partial charge in [0.25, 0.3) is 0 Å². The van der Waals surface area contributed by atoms with Gasteiger partial charge in [-0.05, 0) is 29.2 Å². The molecule has 0 aromatic heterocycles. The van der Waals surface area contributed by atoms with Gasteiger partial charge in [0.15, 0.2) is 11.5 Å². The molecule has 1 aromatic carbocycles. The largest absolute Gasteiger partial charge is 0.454 e. The van der Waals surface area contributed by atoms with Gasteiger partial charge in [-0.3, -0.25) is 0 Å². The SMILES string of the molecule is CC(C)c1cc2c(cc1CC#N)OCO2. The third kappa shape index (κ3) is 1.75. The second-order valence-electron chi connectivity index (χ2n) is 3.89. The minimum absolute atomic E-state index is 0.281. The van der Waals surface area contributed by atoms with Crippen molar-refractivity contribution in [2.75, 3.05) is 6.79 Å². The van der Waals surface area contributed by atoms with Gasteiger partial charge in [-0.15, -0.1) is 0 Å². The van der Waals surface area contributed by atoms with Crippen LogP contribution in [0.3, 0.4) is 0 Å². The fourth-order valence-corrected chi connectivity index (χ4v) is 1.78. The number of rotatable bonds is 2. The van der Waals surface area contributed by atoms with Crippen LogP contribution in [-0.4, -0.2) is 6.79 Å². The second kappa shape index (κ2) is 3.82. The van der Waals surface area contributed by atoms with Crippen molar-refractivity contribution in [2.24, 2.45) is 0 Å². The molecule has 1 aliphatic rings. The zero-order chi connectivity index (χ0) is 10.8. The molecule has 3 nitrogen and oxygen atoms in total. The monoisotopic (exact) mass is 203 g/mol. The normalized spacial score (nSPS) is 12.9. The highest BCUT2D eigenvalue weighted by Crippen LogP contribution is 2.37. The molecule has 0 saturated heterocycles. The summed E-state index contributed by atoms with van der Waals surface area (Å²) in [6.45, 7) is 4.50. The molecule has 3 heteroatoms. The Hall–Kier alpha value is -1.69. The topological polar surface area (TPSA) is 42.2 Å². The molecule has 0 saturated carbocycles. The molecular weight excluding hydrogens is 190 g/mol. The number of benzene rings is 1. The van der Waals surface area contributed by atoms with E-state index >= 15 is 0 Å². The molecule has 1 aliphatic heterocycles. The van der Waals surface area contributed by atoms with E-state index in [1.807, 2.05) is 12.1 Å². The predicted molar refractivity (Wildman–Crippen MR) is 56.0 cm³/mol. The van der Waals surface area contributed by atoms with Crippen LogP contribution in [0.25, 0.3) is 0 Å². The lowest BCUT2D eigenvalue weighted by Crippen LogP contribution is -1.95. The highest BCUT2D eigenvalue weighted by Gasteiger charge is 2.18. The Bertz CT molecular complexity index is 418. The van der Waals surface area contributed by atoms with Crippen LogP contribution in [-0.2, 0) is 6.42 Å². The van der Waals surface area contributed by atoms with E-state index in [4.69, 9.17) is 14.7 Å². The van der Waals surface area contributed by atoms with Crippen LogP contribution in [0.15, 0.2) is 12.1 Å². The number of fused-ring (bicyclic) bond motifs is 1. The Morgan fingerprint density at radius 2 is 2.00 bits per heavy atom. The van der Waals surface area contributed by atoms with Crippen LogP contribution in [0.1, 0.15) is 30.9 Å². The molecule has 78 valence electrons. The third-order valence-electron chi connectivity index (χ3n) is 2.53. The zero-order valence-corrected chi connectivity index (χ0v) is 8.91. The molecule has 0 unspecified atom stereocenters. The van der Waals surface area contributed by atoms with E-state index in [2.05, 4.69) is 19.9 Å². The van der Waals surface area contributed by atoms with Crippen molar-refractivity contribution in [3.05, 3.63) is 23.3 Å². The molecule has 0 aliphatic carbocycles. The first-order chi connectivity index (χ1) is 7.22. The van der Waals surface area contributed by atoms with Crippen LogP contribution >= 0.6 is 0 Å². The van der Waals surface area contributed by atoms with E-state index in [1.54, 1.807) is 0 Å². The maximum atomic E-state index is 8.75. The van der Waals surface area contributed by atoms with Crippen molar-refractivity contribution in [1.82, 2.24) is 0 Å². The molecule has 0 bridgehead atoms. The number of hydrogen-bond donors (Lipinski definition) is 0. The maximum absolute atomic E-state index is 8.75. The molecule has 0 amide bonds. The molecule has 0 atom stereocenters. The van der Waals surface area contributed by atoms with Gasteiger partial charge < -0.3 is 9.47 Å². The molecule has 2 rings (SSSR count). The lowest BCUT2D eigenvalue weighted by atomic mass is 9.95. The van der Waals surface area contributed by atoms with Gasteiger partial charge in [-0.1, -0.05) is 13.8 Å². The molecule has 0 N–H and O–H groups in total. The van der Waals surface area contributed by atoms with E-state index < -0.39 is 0 Å². The molecular formula is C12H13NO2. The maximum Gasteiger partial charge on any atom is 0.231 e. The number of ether oxygens (including phenoxy) is 2. The Labute approximate surface area is 89.2 Å². The minimum Gasteiger partial charge on any atom is -0.454 e. The zero-order valence-electron chi connectivity index (χ0n) is 8.91. The van der Waals surface area contributed by atoms with E-state index in [0.717, 1.165) is 17.1 Å². The van der Waals surface area contributed by atoms with Crippen LogP contribution in [0.2, 0.25) is 0 Å². The summed E-state index contributed by atoms with van der Waals surface area (Å²) >= 11 is 0. The van der Waals surface area contributed by atoms with E-state index in [9.17, 15) is 0 Å². The van der Waals surface area contributed by atoms with Gasteiger partial charge in [0, 0.05) is 0 Å². The summed E-state index contributed by atoms with van der Waals surface area (Å²) in [5.74, 6) is 1.94. The smallest absolute Gasteiger partial charge is 0.231 e. The molecule has 1 heterocycles. The molecule has 0 spiro atoms. The highest BCUT2D eigenvalue weighted by atomic mass is 16.7. The fraction of sp³-hybridized carbons (Fsp3) is 0.417. The number of nitriles is 1. The first kappa shape index (κ1) is 9.85. The molecule has 0 radical (unpaired) electrons.